The van der Waals surface area contributed by atoms with E-state index in [-0.39, 0.29) is 5.91 Å². The molecule has 2 aliphatic heterocycles. The lowest BCUT2D eigenvalue weighted by Crippen LogP contribution is -2.71. The van der Waals surface area contributed by atoms with E-state index in [1.165, 1.54) is 11.3 Å². The van der Waals surface area contributed by atoms with Crippen LogP contribution in [0.4, 0.5) is 0 Å². The van der Waals surface area contributed by atoms with Gasteiger partial charge in [0.25, 0.3) is 5.91 Å². The Hall–Kier alpha value is -3.04. The van der Waals surface area contributed by atoms with E-state index in [4.69, 9.17) is 0 Å². The highest BCUT2D eigenvalue weighted by atomic mass is 32.1. The van der Waals surface area contributed by atoms with Crippen molar-refractivity contribution in [1.82, 2.24) is 30.5 Å². The van der Waals surface area contributed by atoms with Gasteiger partial charge in [-0.2, -0.15) is 5.10 Å². The van der Waals surface area contributed by atoms with E-state index in [0.717, 1.165) is 59.0 Å². The number of aromatic amines is 2. The Kier molecular flexibility index (Phi) is 3.27. The number of hydrogen-bond acceptors (Lipinski definition) is 5. The smallest absolute Gasteiger partial charge is 0.336 e. The number of aromatic nitrogens is 5. The van der Waals surface area contributed by atoms with Crippen LogP contribution in [0.1, 0.15) is 9.67 Å². The van der Waals surface area contributed by atoms with Crippen molar-refractivity contribution in [3.8, 4) is 22.3 Å². The Bertz CT molecular complexity index is 1180. The Labute approximate surface area is 164 Å². The molecule has 0 radical (unpaired) electrons. The number of nitrogens with zero attached hydrogens (tertiary/aromatic N) is 4. The molecule has 1 spiro atoms. The van der Waals surface area contributed by atoms with Crippen LogP contribution in [0.3, 0.4) is 0 Å². The molecule has 2 fully saturated rings. The van der Waals surface area contributed by atoms with Gasteiger partial charge in [0.05, 0.1) is 28.4 Å². The summed E-state index contributed by atoms with van der Waals surface area (Å²) in [5.41, 5.74) is 5.12. The zero-order valence-corrected chi connectivity index (χ0v) is 15.8. The fourth-order valence-corrected chi connectivity index (χ4v) is 4.92. The van der Waals surface area contributed by atoms with Gasteiger partial charge < -0.3 is 10.2 Å². The summed E-state index contributed by atoms with van der Waals surface area (Å²) in [6, 6.07) is 1.98. The number of carbonyl (C=O) groups is 1. The van der Waals surface area contributed by atoms with Crippen molar-refractivity contribution in [2.75, 3.05) is 26.2 Å². The van der Waals surface area contributed by atoms with Crippen molar-refractivity contribution in [3.05, 3.63) is 47.3 Å². The van der Waals surface area contributed by atoms with Gasteiger partial charge in [-0.15, -0.1) is 15.9 Å². The topological polar surface area (TPSA) is 93.8 Å². The molecule has 2 saturated heterocycles. The summed E-state index contributed by atoms with van der Waals surface area (Å²) in [4.78, 5) is 20.1. The van der Waals surface area contributed by atoms with E-state index < -0.39 is 0 Å². The van der Waals surface area contributed by atoms with Crippen LogP contribution < -0.4 is 9.83 Å². The summed E-state index contributed by atoms with van der Waals surface area (Å²) in [6.07, 6.45) is 9.35. The first-order valence-corrected chi connectivity index (χ1v) is 10.1. The number of nitrogens with one attached hydrogen (secondary N) is 3. The molecule has 1 amide bonds. The van der Waals surface area contributed by atoms with Crippen LogP contribution in [-0.2, 0) is 0 Å². The number of hydrogen-bond donors (Lipinski definition) is 3. The predicted molar refractivity (Wildman–Crippen MR) is 104 cm³/mol. The van der Waals surface area contributed by atoms with Crippen LogP contribution >= 0.6 is 11.3 Å². The molecule has 9 heteroatoms. The molecule has 8 nitrogen and oxygen atoms in total. The molecule has 2 aliphatic rings. The molecule has 28 heavy (non-hydrogen) atoms. The summed E-state index contributed by atoms with van der Waals surface area (Å²) in [5.74, 6) is 0.136. The minimum absolute atomic E-state index is 0.136. The highest BCUT2D eigenvalue weighted by Gasteiger charge is 2.49. The summed E-state index contributed by atoms with van der Waals surface area (Å²) in [5, 5.41) is 15.4. The quantitative estimate of drug-likeness (QED) is 0.458. The number of H-pyrrole nitrogens is 2. The maximum atomic E-state index is 12.8. The Balaban J connectivity index is 1.27. The van der Waals surface area contributed by atoms with Gasteiger partial charge in [-0.1, -0.05) is 0 Å². The largest absolute Gasteiger partial charge is 0.355 e. The van der Waals surface area contributed by atoms with Gasteiger partial charge in [0, 0.05) is 48.9 Å². The van der Waals surface area contributed by atoms with Gasteiger partial charge in [-0.3, -0.25) is 9.89 Å². The minimum atomic E-state index is 0.136. The number of amides is 1. The van der Waals surface area contributed by atoms with Gasteiger partial charge in [-0.25, -0.2) is 5.10 Å². The SMILES string of the molecule is O=C(c1cc(-c2c[nH][n+]3cc(-c4cn[nH]c4)cnc23)cs1)N1CC2(CNC2)C1. The minimum Gasteiger partial charge on any atom is -0.336 e. The number of thiophene rings is 1. The molecule has 6 heterocycles. The Morgan fingerprint density at radius 1 is 1.18 bits per heavy atom. The second-order valence-corrected chi connectivity index (χ2v) is 8.59. The fourth-order valence-electron chi connectivity index (χ4n) is 4.05. The lowest BCUT2D eigenvalue weighted by Gasteiger charge is -2.55. The molecular formula is C19H18N7OS+. The molecule has 4 aromatic heterocycles. The van der Waals surface area contributed by atoms with Crippen molar-refractivity contribution in [1.29, 1.82) is 0 Å². The standard InChI is InChI=1S/C19H17N7OS/c27-18(25-10-19(11-25)8-20-9-19)16-1-12(7-28-16)15-5-24-26-6-14(2-21-17(15)26)13-3-22-23-4-13/h1-7,20H,8-11H2,(H,22,23)/p+1. The number of likely N-dealkylation sites (tertiary alicyclic amines) is 1. The van der Waals surface area contributed by atoms with Crippen molar-refractivity contribution < 1.29 is 9.31 Å². The van der Waals surface area contributed by atoms with Gasteiger partial charge >= 0.3 is 5.65 Å². The molecule has 0 atom stereocenters. The highest BCUT2D eigenvalue weighted by Crippen LogP contribution is 2.36. The third-order valence-corrected chi connectivity index (χ3v) is 6.62. The number of carbonyl (C=O) groups excluding carboxylic acids is 1. The van der Waals surface area contributed by atoms with Crippen LogP contribution in [0, 0.1) is 5.41 Å². The lowest BCUT2D eigenvalue weighted by atomic mass is 9.74. The summed E-state index contributed by atoms with van der Waals surface area (Å²) in [6.45, 7) is 3.80. The maximum absolute atomic E-state index is 12.8. The van der Waals surface area contributed by atoms with Crippen LogP contribution in [-0.4, -0.2) is 57.3 Å². The summed E-state index contributed by atoms with van der Waals surface area (Å²) in [7, 11) is 0. The molecule has 0 saturated carbocycles. The second-order valence-electron chi connectivity index (χ2n) is 7.67. The van der Waals surface area contributed by atoms with Crippen molar-refractivity contribution in [2.45, 2.75) is 0 Å². The molecule has 3 N–H and O–H groups in total. The van der Waals surface area contributed by atoms with Gasteiger partial charge in [0.1, 0.15) is 6.20 Å². The Morgan fingerprint density at radius 2 is 2.07 bits per heavy atom. The van der Waals surface area contributed by atoms with Gasteiger partial charge in [-0.05, 0) is 16.4 Å². The van der Waals surface area contributed by atoms with Crippen LogP contribution in [0.2, 0.25) is 0 Å². The fraction of sp³-hybridized carbons (Fsp3) is 0.263. The average Bonchev–Trinajstić information content (AvgIpc) is 3.37. The van der Waals surface area contributed by atoms with Gasteiger partial charge in [0.15, 0.2) is 6.20 Å². The molecular weight excluding hydrogens is 374 g/mol. The van der Waals surface area contributed by atoms with Crippen LogP contribution in [0.25, 0.3) is 27.9 Å². The molecule has 0 unspecified atom stereocenters. The van der Waals surface area contributed by atoms with E-state index in [1.54, 1.807) is 6.20 Å². The van der Waals surface area contributed by atoms with E-state index in [0.29, 0.717) is 5.41 Å². The monoisotopic (exact) mass is 392 g/mol. The Morgan fingerprint density at radius 3 is 2.82 bits per heavy atom. The first kappa shape index (κ1) is 16.0. The van der Waals surface area contributed by atoms with Crippen LogP contribution in [0.5, 0.6) is 0 Å². The normalized spacial score (nSPS) is 17.6. The van der Waals surface area contributed by atoms with Crippen molar-refractivity contribution >= 4 is 22.9 Å². The lowest BCUT2D eigenvalue weighted by molar-refractivity contribution is -0.578. The molecule has 0 aromatic carbocycles. The average molecular weight is 392 g/mol. The summed E-state index contributed by atoms with van der Waals surface area (Å²) >= 11 is 1.50. The first-order valence-electron chi connectivity index (χ1n) is 9.18. The zero-order valence-electron chi connectivity index (χ0n) is 15.0. The third-order valence-electron chi connectivity index (χ3n) is 5.70. The second kappa shape index (κ2) is 5.73. The number of fused-ring (bicyclic) bond motifs is 1. The van der Waals surface area contributed by atoms with E-state index in [9.17, 15) is 4.79 Å². The van der Waals surface area contributed by atoms with E-state index in [2.05, 4.69) is 25.6 Å². The van der Waals surface area contributed by atoms with E-state index >= 15 is 0 Å². The highest BCUT2D eigenvalue weighted by molar-refractivity contribution is 7.12. The van der Waals surface area contributed by atoms with Crippen molar-refractivity contribution in [2.24, 2.45) is 5.41 Å². The predicted octanol–water partition coefficient (Wildman–Crippen LogP) is 1.31. The zero-order chi connectivity index (χ0) is 18.7. The molecule has 6 rings (SSSR count). The van der Waals surface area contributed by atoms with E-state index in [1.807, 2.05) is 45.6 Å². The number of rotatable bonds is 3. The molecule has 0 aliphatic carbocycles. The molecule has 4 aromatic rings. The van der Waals surface area contributed by atoms with Gasteiger partial charge in [0.2, 0.25) is 0 Å². The van der Waals surface area contributed by atoms with Crippen LogP contribution in [0.15, 0.2) is 42.4 Å². The summed E-state index contributed by atoms with van der Waals surface area (Å²) < 4.78 is 1.89. The molecule has 140 valence electrons. The first-order chi connectivity index (χ1) is 13.7. The van der Waals surface area contributed by atoms with Crippen molar-refractivity contribution in [3.63, 3.8) is 0 Å². The maximum Gasteiger partial charge on any atom is 0.355 e. The third kappa shape index (κ3) is 2.33. The molecule has 0 bridgehead atoms.